The molecule has 88 valence electrons. The summed E-state index contributed by atoms with van der Waals surface area (Å²) < 4.78 is 4.64. The Morgan fingerprint density at radius 3 is 3.00 bits per heavy atom. The molecule has 0 aliphatic heterocycles. The second-order valence-corrected chi connectivity index (χ2v) is 3.70. The molecule has 4 nitrogen and oxygen atoms in total. The Kier molecular flexibility index (Phi) is 5.50. The molecule has 0 saturated carbocycles. The molecule has 0 fully saturated rings. The van der Waals surface area contributed by atoms with Crippen molar-refractivity contribution in [1.29, 1.82) is 0 Å². The second kappa shape index (κ2) is 6.95. The van der Waals surface area contributed by atoms with E-state index in [9.17, 15) is 4.79 Å². The fourth-order valence-electron chi connectivity index (χ4n) is 1.37. The normalized spacial score (nSPS) is 12.1. The van der Waals surface area contributed by atoms with Crippen LogP contribution in [0.5, 0.6) is 0 Å². The molecule has 0 spiro atoms. The molecule has 16 heavy (non-hydrogen) atoms. The lowest BCUT2D eigenvalue weighted by molar-refractivity contribution is -0.144. The SMILES string of the molecule is COC(=O)C(C)CNCCc1ccccn1. The van der Waals surface area contributed by atoms with E-state index in [1.165, 1.54) is 7.11 Å². The first-order chi connectivity index (χ1) is 7.74. The molecule has 0 amide bonds. The zero-order valence-electron chi connectivity index (χ0n) is 9.77. The van der Waals surface area contributed by atoms with Gasteiger partial charge in [-0.05, 0) is 12.1 Å². The molecule has 1 atom stereocenters. The van der Waals surface area contributed by atoms with E-state index in [0.717, 1.165) is 18.7 Å². The standard InChI is InChI=1S/C12H18N2O2/c1-10(12(15)16-2)9-13-8-6-11-5-3-4-7-14-11/h3-5,7,10,13H,6,8-9H2,1-2H3. The number of pyridine rings is 1. The van der Waals surface area contributed by atoms with Crippen LogP contribution in [0.2, 0.25) is 0 Å². The van der Waals surface area contributed by atoms with E-state index in [0.29, 0.717) is 6.54 Å². The molecule has 1 unspecified atom stereocenters. The van der Waals surface area contributed by atoms with Gasteiger partial charge in [0.2, 0.25) is 0 Å². The lowest BCUT2D eigenvalue weighted by atomic mass is 10.2. The fraction of sp³-hybridized carbons (Fsp3) is 0.500. The summed E-state index contributed by atoms with van der Waals surface area (Å²) in [7, 11) is 1.41. The highest BCUT2D eigenvalue weighted by atomic mass is 16.5. The number of nitrogens with one attached hydrogen (secondary N) is 1. The predicted molar refractivity (Wildman–Crippen MR) is 62.0 cm³/mol. The van der Waals surface area contributed by atoms with Crippen LogP contribution in [0.15, 0.2) is 24.4 Å². The van der Waals surface area contributed by atoms with E-state index in [1.807, 2.05) is 25.1 Å². The second-order valence-electron chi connectivity index (χ2n) is 3.70. The monoisotopic (exact) mass is 222 g/mol. The van der Waals surface area contributed by atoms with Gasteiger partial charge in [-0.1, -0.05) is 13.0 Å². The van der Waals surface area contributed by atoms with Crippen molar-refractivity contribution in [3.63, 3.8) is 0 Å². The van der Waals surface area contributed by atoms with Crippen molar-refractivity contribution in [2.24, 2.45) is 5.92 Å². The molecule has 0 radical (unpaired) electrons. The minimum absolute atomic E-state index is 0.103. The van der Waals surface area contributed by atoms with Crippen molar-refractivity contribution in [3.05, 3.63) is 30.1 Å². The largest absolute Gasteiger partial charge is 0.469 e. The first-order valence-electron chi connectivity index (χ1n) is 5.42. The van der Waals surface area contributed by atoms with Crippen LogP contribution in [0, 0.1) is 5.92 Å². The van der Waals surface area contributed by atoms with Gasteiger partial charge in [0.25, 0.3) is 0 Å². The minimum Gasteiger partial charge on any atom is -0.469 e. The van der Waals surface area contributed by atoms with Gasteiger partial charge in [-0.25, -0.2) is 0 Å². The topological polar surface area (TPSA) is 51.2 Å². The van der Waals surface area contributed by atoms with Gasteiger partial charge in [0.05, 0.1) is 13.0 Å². The highest BCUT2D eigenvalue weighted by molar-refractivity contribution is 5.71. The Morgan fingerprint density at radius 1 is 1.56 bits per heavy atom. The van der Waals surface area contributed by atoms with Crippen LogP contribution in [0.3, 0.4) is 0 Å². The zero-order valence-corrected chi connectivity index (χ0v) is 9.77. The van der Waals surface area contributed by atoms with Gasteiger partial charge in [-0.2, -0.15) is 0 Å². The Balaban J connectivity index is 2.15. The Hall–Kier alpha value is -1.42. The van der Waals surface area contributed by atoms with E-state index < -0.39 is 0 Å². The number of hydrogen-bond donors (Lipinski definition) is 1. The van der Waals surface area contributed by atoms with Crippen LogP contribution >= 0.6 is 0 Å². The summed E-state index contributed by atoms with van der Waals surface area (Å²) in [4.78, 5) is 15.3. The molecule has 0 bridgehead atoms. The smallest absolute Gasteiger partial charge is 0.309 e. The maximum atomic E-state index is 11.1. The predicted octanol–water partition coefficient (Wildman–Crippen LogP) is 1.02. The van der Waals surface area contributed by atoms with Crippen LogP contribution in [0.25, 0.3) is 0 Å². The van der Waals surface area contributed by atoms with Crippen LogP contribution in [-0.4, -0.2) is 31.2 Å². The summed E-state index contributed by atoms with van der Waals surface area (Å²) in [6, 6.07) is 5.86. The van der Waals surface area contributed by atoms with Crippen LogP contribution in [0.1, 0.15) is 12.6 Å². The summed E-state index contributed by atoms with van der Waals surface area (Å²) >= 11 is 0. The third-order valence-corrected chi connectivity index (χ3v) is 2.34. The molecule has 1 N–H and O–H groups in total. The summed E-state index contributed by atoms with van der Waals surface area (Å²) in [5, 5.41) is 3.21. The molecular weight excluding hydrogens is 204 g/mol. The summed E-state index contributed by atoms with van der Waals surface area (Å²) in [5.74, 6) is -0.279. The lowest BCUT2D eigenvalue weighted by Crippen LogP contribution is -2.28. The zero-order chi connectivity index (χ0) is 11.8. The van der Waals surface area contributed by atoms with Gasteiger partial charge in [0.1, 0.15) is 0 Å². The van der Waals surface area contributed by atoms with E-state index in [2.05, 4.69) is 15.0 Å². The number of esters is 1. The van der Waals surface area contributed by atoms with Crippen LogP contribution in [-0.2, 0) is 16.0 Å². The van der Waals surface area contributed by atoms with Gasteiger partial charge >= 0.3 is 5.97 Å². The van der Waals surface area contributed by atoms with E-state index >= 15 is 0 Å². The Morgan fingerprint density at radius 2 is 2.38 bits per heavy atom. The molecule has 0 aliphatic carbocycles. The van der Waals surface area contributed by atoms with Crippen molar-refractivity contribution in [1.82, 2.24) is 10.3 Å². The molecule has 4 heteroatoms. The summed E-state index contributed by atoms with van der Waals surface area (Å²) in [5.41, 5.74) is 1.06. The van der Waals surface area contributed by atoms with E-state index in [-0.39, 0.29) is 11.9 Å². The van der Waals surface area contributed by atoms with Crippen molar-refractivity contribution in [3.8, 4) is 0 Å². The Bertz CT molecular complexity index is 314. The third-order valence-electron chi connectivity index (χ3n) is 2.34. The number of ether oxygens (including phenoxy) is 1. The highest BCUT2D eigenvalue weighted by Crippen LogP contribution is 1.96. The maximum absolute atomic E-state index is 11.1. The van der Waals surface area contributed by atoms with Gasteiger partial charge in [0.15, 0.2) is 0 Å². The van der Waals surface area contributed by atoms with Gasteiger partial charge in [-0.3, -0.25) is 9.78 Å². The number of methoxy groups -OCH3 is 1. The molecule has 0 aliphatic rings. The number of nitrogens with zero attached hydrogens (tertiary/aromatic N) is 1. The fourth-order valence-corrected chi connectivity index (χ4v) is 1.37. The third kappa shape index (κ3) is 4.40. The van der Waals surface area contributed by atoms with Crippen molar-refractivity contribution in [2.45, 2.75) is 13.3 Å². The van der Waals surface area contributed by atoms with Crippen molar-refractivity contribution in [2.75, 3.05) is 20.2 Å². The molecule has 1 rings (SSSR count). The van der Waals surface area contributed by atoms with Crippen molar-refractivity contribution < 1.29 is 9.53 Å². The molecule has 1 aromatic heterocycles. The van der Waals surface area contributed by atoms with E-state index in [1.54, 1.807) is 6.20 Å². The average Bonchev–Trinajstić information content (AvgIpc) is 2.34. The van der Waals surface area contributed by atoms with E-state index in [4.69, 9.17) is 0 Å². The number of carbonyl (C=O) groups excluding carboxylic acids is 1. The molecule has 1 heterocycles. The van der Waals surface area contributed by atoms with Crippen LogP contribution in [0.4, 0.5) is 0 Å². The summed E-state index contributed by atoms with van der Waals surface area (Å²) in [6.45, 7) is 3.30. The summed E-state index contributed by atoms with van der Waals surface area (Å²) in [6.07, 6.45) is 2.65. The molecule has 1 aromatic rings. The van der Waals surface area contributed by atoms with Gasteiger partial charge in [0, 0.05) is 31.4 Å². The van der Waals surface area contributed by atoms with Gasteiger partial charge < -0.3 is 10.1 Å². The first-order valence-corrected chi connectivity index (χ1v) is 5.42. The van der Waals surface area contributed by atoms with Gasteiger partial charge in [-0.15, -0.1) is 0 Å². The molecule has 0 aromatic carbocycles. The number of rotatable bonds is 6. The quantitative estimate of drug-likeness (QED) is 0.577. The first kappa shape index (κ1) is 12.6. The number of aromatic nitrogens is 1. The minimum atomic E-state index is -0.176. The number of carbonyl (C=O) groups is 1. The highest BCUT2D eigenvalue weighted by Gasteiger charge is 2.11. The molecule has 0 saturated heterocycles. The lowest BCUT2D eigenvalue weighted by Gasteiger charge is -2.09. The number of hydrogen-bond acceptors (Lipinski definition) is 4. The van der Waals surface area contributed by atoms with Crippen LogP contribution < -0.4 is 5.32 Å². The maximum Gasteiger partial charge on any atom is 0.309 e. The van der Waals surface area contributed by atoms with Crippen molar-refractivity contribution >= 4 is 5.97 Å². The Labute approximate surface area is 96.0 Å². The molecular formula is C12H18N2O2. The average molecular weight is 222 g/mol.